The maximum Gasteiger partial charge on any atom is 0.180 e. The van der Waals surface area contributed by atoms with Crippen molar-refractivity contribution in [3.05, 3.63) is 39.9 Å². The Morgan fingerprint density at radius 2 is 2.13 bits per heavy atom. The zero-order chi connectivity index (χ0) is 10.8. The smallest absolute Gasteiger partial charge is 0.180 e. The number of thiazole rings is 1. The third-order valence-corrected chi connectivity index (χ3v) is 3.18. The maximum absolute atomic E-state index is 5.83. The summed E-state index contributed by atoms with van der Waals surface area (Å²) in [4.78, 5) is 5.11. The van der Waals surface area contributed by atoms with Crippen molar-refractivity contribution in [2.24, 2.45) is 0 Å². The minimum atomic E-state index is 0.586. The maximum atomic E-state index is 5.83. The van der Waals surface area contributed by atoms with Gasteiger partial charge in [0.1, 0.15) is 0 Å². The van der Waals surface area contributed by atoms with Crippen LogP contribution in [0.3, 0.4) is 0 Å². The third-order valence-electron chi connectivity index (χ3n) is 2.01. The van der Waals surface area contributed by atoms with Crippen molar-refractivity contribution in [1.29, 1.82) is 0 Å². The fourth-order valence-electron chi connectivity index (χ4n) is 1.31. The summed E-state index contributed by atoms with van der Waals surface area (Å²) in [7, 11) is 0. The van der Waals surface area contributed by atoms with E-state index in [1.807, 2.05) is 12.1 Å². The predicted molar refractivity (Wildman–Crippen MR) is 65.2 cm³/mol. The Hall–Kier alpha value is -1.26. The first-order valence-corrected chi connectivity index (χ1v) is 5.58. The van der Waals surface area contributed by atoms with E-state index in [1.54, 1.807) is 12.3 Å². The largest absolute Gasteiger partial charge is 0.398 e. The van der Waals surface area contributed by atoms with Gasteiger partial charge in [0, 0.05) is 17.5 Å². The second-order valence-corrected chi connectivity index (χ2v) is 4.75. The minimum absolute atomic E-state index is 0.586. The molecule has 0 bridgehead atoms. The fourth-order valence-corrected chi connectivity index (χ4v) is 2.14. The number of halogens is 1. The molecule has 4 N–H and O–H groups in total. The molecule has 0 saturated heterocycles. The van der Waals surface area contributed by atoms with E-state index in [4.69, 9.17) is 23.1 Å². The second kappa shape index (κ2) is 4.08. The molecule has 0 saturated carbocycles. The lowest BCUT2D eigenvalue weighted by Gasteiger charge is -2.01. The highest BCUT2D eigenvalue weighted by molar-refractivity contribution is 7.15. The minimum Gasteiger partial charge on any atom is -0.398 e. The van der Waals surface area contributed by atoms with Gasteiger partial charge in [-0.25, -0.2) is 4.98 Å². The quantitative estimate of drug-likeness (QED) is 0.792. The summed E-state index contributed by atoms with van der Waals surface area (Å²) in [6.45, 7) is 0. The van der Waals surface area contributed by atoms with Crippen molar-refractivity contribution in [3.63, 3.8) is 0 Å². The van der Waals surface area contributed by atoms with Crippen LogP contribution in [0.15, 0.2) is 24.4 Å². The number of benzene rings is 1. The van der Waals surface area contributed by atoms with Crippen molar-refractivity contribution in [2.45, 2.75) is 6.42 Å². The molecule has 1 heterocycles. The Balaban J connectivity index is 2.21. The first-order valence-electron chi connectivity index (χ1n) is 4.39. The van der Waals surface area contributed by atoms with E-state index in [0.717, 1.165) is 16.9 Å². The normalized spacial score (nSPS) is 10.5. The first-order chi connectivity index (χ1) is 7.15. The average molecular weight is 240 g/mol. The Bertz CT molecular complexity index is 481. The van der Waals surface area contributed by atoms with E-state index in [1.165, 1.54) is 11.3 Å². The standard InChI is InChI=1S/C10H10ClN3S/c11-8-2-1-6(4-9(8)12)3-7-5-14-10(13)15-7/h1-2,4-5H,3,12H2,(H2,13,14). The van der Waals surface area contributed by atoms with Crippen LogP contribution in [-0.4, -0.2) is 4.98 Å². The Kier molecular flexibility index (Phi) is 2.79. The van der Waals surface area contributed by atoms with Crippen LogP contribution in [0.1, 0.15) is 10.4 Å². The Labute approximate surface area is 96.7 Å². The van der Waals surface area contributed by atoms with Crippen molar-refractivity contribution in [3.8, 4) is 0 Å². The number of aromatic nitrogens is 1. The topological polar surface area (TPSA) is 64.9 Å². The molecule has 0 aliphatic rings. The van der Waals surface area contributed by atoms with Gasteiger partial charge >= 0.3 is 0 Å². The summed E-state index contributed by atoms with van der Waals surface area (Å²) in [6, 6.07) is 5.63. The van der Waals surface area contributed by atoms with Crippen LogP contribution in [-0.2, 0) is 6.42 Å². The molecule has 0 atom stereocenters. The molecule has 0 radical (unpaired) electrons. The SMILES string of the molecule is Nc1ncc(Cc2ccc(Cl)c(N)c2)s1. The van der Waals surface area contributed by atoms with E-state index in [-0.39, 0.29) is 0 Å². The zero-order valence-electron chi connectivity index (χ0n) is 7.90. The van der Waals surface area contributed by atoms with E-state index in [2.05, 4.69) is 4.98 Å². The molecule has 0 spiro atoms. The molecular formula is C10H10ClN3S. The number of hydrogen-bond donors (Lipinski definition) is 2. The van der Waals surface area contributed by atoms with E-state index in [9.17, 15) is 0 Å². The van der Waals surface area contributed by atoms with Crippen LogP contribution >= 0.6 is 22.9 Å². The van der Waals surface area contributed by atoms with E-state index < -0.39 is 0 Å². The van der Waals surface area contributed by atoms with Crippen LogP contribution in [0.5, 0.6) is 0 Å². The van der Waals surface area contributed by atoms with Crippen LogP contribution in [0, 0.1) is 0 Å². The zero-order valence-corrected chi connectivity index (χ0v) is 9.48. The van der Waals surface area contributed by atoms with Gasteiger partial charge in [-0.3, -0.25) is 0 Å². The molecule has 0 amide bonds. The van der Waals surface area contributed by atoms with Gasteiger partial charge in [-0.15, -0.1) is 11.3 Å². The van der Waals surface area contributed by atoms with Gasteiger partial charge in [-0.1, -0.05) is 17.7 Å². The molecule has 2 aromatic rings. The van der Waals surface area contributed by atoms with E-state index >= 15 is 0 Å². The molecular weight excluding hydrogens is 230 g/mol. The summed E-state index contributed by atoms with van der Waals surface area (Å²) in [5.41, 5.74) is 13.0. The van der Waals surface area contributed by atoms with Crippen molar-refractivity contribution >= 4 is 33.8 Å². The average Bonchev–Trinajstić information content (AvgIpc) is 2.58. The van der Waals surface area contributed by atoms with Crippen LogP contribution in [0.2, 0.25) is 5.02 Å². The highest BCUT2D eigenvalue weighted by Gasteiger charge is 2.02. The van der Waals surface area contributed by atoms with Crippen molar-refractivity contribution < 1.29 is 0 Å². The van der Waals surface area contributed by atoms with Gasteiger partial charge < -0.3 is 11.5 Å². The molecule has 2 rings (SSSR count). The molecule has 1 aromatic heterocycles. The highest BCUT2D eigenvalue weighted by Crippen LogP contribution is 2.23. The highest BCUT2D eigenvalue weighted by atomic mass is 35.5. The molecule has 15 heavy (non-hydrogen) atoms. The molecule has 1 aromatic carbocycles. The Morgan fingerprint density at radius 3 is 2.73 bits per heavy atom. The Morgan fingerprint density at radius 1 is 1.33 bits per heavy atom. The van der Waals surface area contributed by atoms with Crippen LogP contribution < -0.4 is 11.5 Å². The first kappa shape index (κ1) is 10.3. The van der Waals surface area contributed by atoms with Gasteiger partial charge in [0.2, 0.25) is 0 Å². The molecule has 78 valence electrons. The van der Waals surface area contributed by atoms with Gasteiger partial charge in [0.05, 0.1) is 10.7 Å². The van der Waals surface area contributed by atoms with Gasteiger partial charge in [-0.2, -0.15) is 0 Å². The monoisotopic (exact) mass is 239 g/mol. The summed E-state index contributed by atoms with van der Waals surface area (Å²) >= 11 is 7.32. The van der Waals surface area contributed by atoms with E-state index in [0.29, 0.717) is 15.8 Å². The molecule has 0 fully saturated rings. The summed E-state index contributed by atoms with van der Waals surface area (Å²) < 4.78 is 0. The van der Waals surface area contributed by atoms with Crippen LogP contribution in [0.25, 0.3) is 0 Å². The van der Waals surface area contributed by atoms with Crippen LogP contribution in [0.4, 0.5) is 10.8 Å². The number of hydrogen-bond acceptors (Lipinski definition) is 4. The second-order valence-electron chi connectivity index (χ2n) is 3.20. The molecule has 0 aliphatic carbocycles. The van der Waals surface area contributed by atoms with Crippen molar-refractivity contribution in [1.82, 2.24) is 4.98 Å². The lowest BCUT2D eigenvalue weighted by molar-refractivity contribution is 1.22. The fraction of sp³-hybridized carbons (Fsp3) is 0.100. The number of nitrogens with two attached hydrogens (primary N) is 2. The lowest BCUT2D eigenvalue weighted by Crippen LogP contribution is -1.90. The van der Waals surface area contributed by atoms with Gasteiger partial charge in [-0.05, 0) is 17.7 Å². The number of rotatable bonds is 2. The molecule has 3 nitrogen and oxygen atoms in total. The van der Waals surface area contributed by atoms with Gasteiger partial charge in [0.25, 0.3) is 0 Å². The lowest BCUT2D eigenvalue weighted by atomic mass is 10.1. The molecule has 5 heteroatoms. The summed E-state index contributed by atoms with van der Waals surface area (Å²) in [5.74, 6) is 0. The van der Waals surface area contributed by atoms with Crippen molar-refractivity contribution in [2.75, 3.05) is 11.5 Å². The summed E-state index contributed by atoms with van der Waals surface area (Å²) in [6.07, 6.45) is 2.57. The van der Waals surface area contributed by atoms with Gasteiger partial charge in [0.15, 0.2) is 5.13 Å². The third kappa shape index (κ3) is 2.40. The molecule has 0 aliphatic heterocycles. The number of nitrogens with zero attached hydrogens (tertiary/aromatic N) is 1. The number of anilines is 2. The molecule has 0 unspecified atom stereocenters. The predicted octanol–water partition coefficient (Wildman–Crippen LogP) is 2.55. The number of nitrogen functional groups attached to an aromatic ring is 2. The summed E-state index contributed by atoms with van der Waals surface area (Å²) in [5, 5.41) is 1.18.